The van der Waals surface area contributed by atoms with Crippen LogP contribution in [0.1, 0.15) is 12.5 Å². The molecule has 0 unspecified atom stereocenters. The largest absolute Gasteiger partial charge is 0.336 e. The lowest BCUT2D eigenvalue weighted by Gasteiger charge is -2.21. The first-order chi connectivity index (χ1) is 9.10. The third kappa shape index (κ3) is 1.48. The van der Waals surface area contributed by atoms with Crippen LogP contribution in [0.15, 0.2) is 18.2 Å². The van der Waals surface area contributed by atoms with Crippen molar-refractivity contribution in [2.24, 2.45) is 0 Å². The van der Waals surface area contributed by atoms with E-state index in [1.807, 2.05) is 6.92 Å². The van der Waals surface area contributed by atoms with Gasteiger partial charge >= 0.3 is 0 Å². The summed E-state index contributed by atoms with van der Waals surface area (Å²) in [6, 6.07) is 4.30. The first-order valence-corrected chi connectivity index (χ1v) is 5.99. The molecule has 0 aliphatic carbocycles. The van der Waals surface area contributed by atoms with Gasteiger partial charge < -0.3 is 14.4 Å². The molecule has 0 aromatic heterocycles. The molecule has 7 heteroatoms. The Morgan fingerprint density at radius 1 is 1.42 bits per heavy atom. The predicted molar refractivity (Wildman–Crippen MR) is 64.7 cm³/mol. The van der Waals surface area contributed by atoms with Gasteiger partial charge in [-0.2, -0.15) is 0 Å². The smallest absolute Gasteiger partial charge is 0.292 e. The second-order valence-electron chi connectivity index (χ2n) is 4.32. The van der Waals surface area contributed by atoms with E-state index in [9.17, 15) is 14.9 Å². The molecule has 1 spiro atoms. The second-order valence-corrected chi connectivity index (χ2v) is 4.32. The number of ether oxygens (including phenoxy) is 2. The Morgan fingerprint density at radius 3 is 2.68 bits per heavy atom. The minimum absolute atomic E-state index is 0.0806. The zero-order valence-electron chi connectivity index (χ0n) is 10.3. The molecule has 0 bridgehead atoms. The lowest BCUT2D eigenvalue weighted by Crippen LogP contribution is -2.41. The summed E-state index contributed by atoms with van der Waals surface area (Å²) in [5.74, 6) is -1.81. The fourth-order valence-corrected chi connectivity index (χ4v) is 2.54. The van der Waals surface area contributed by atoms with E-state index in [-0.39, 0.29) is 11.6 Å². The van der Waals surface area contributed by atoms with Crippen molar-refractivity contribution in [3.8, 4) is 0 Å². The van der Waals surface area contributed by atoms with Crippen molar-refractivity contribution in [3.05, 3.63) is 33.9 Å². The lowest BCUT2D eigenvalue weighted by atomic mass is 10.1. The van der Waals surface area contributed by atoms with Crippen molar-refractivity contribution in [3.63, 3.8) is 0 Å². The van der Waals surface area contributed by atoms with E-state index in [1.165, 1.54) is 17.0 Å². The van der Waals surface area contributed by atoms with Crippen LogP contribution < -0.4 is 4.90 Å². The molecule has 0 saturated carbocycles. The third-order valence-electron chi connectivity index (χ3n) is 3.37. The van der Waals surface area contributed by atoms with Gasteiger partial charge in [0, 0.05) is 18.7 Å². The number of non-ortho nitro benzene ring substituents is 1. The molecule has 100 valence electrons. The van der Waals surface area contributed by atoms with Gasteiger partial charge in [-0.1, -0.05) is 0 Å². The highest BCUT2D eigenvalue weighted by Gasteiger charge is 2.56. The van der Waals surface area contributed by atoms with Crippen LogP contribution in [0.3, 0.4) is 0 Å². The summed E-state index contributed by atoms with van der Waals surface area (Å²) in [7, 11) is 0. The summed E-state index contributed by atoms with van der Waals surface area (Å²) in [6.07, 6.45) is 0. The van der Waals surface area contributed by atoms with Gasteiger partial charge in [0.2, 0.25) is 0 Å². The highest BCUT2D eigenvalue weighted by molar-refractivity contribution is 6.06. The number of benzene rings is 1. The number of nitro groups is 1. The fraction of sp³-hybridized carbons (Fsp3) is 0.417. The van der Waals surface area contributed by atoms with Gasteiger partial charge in [-0.15, -0.1) is 0 Å². The van der Waals surface area contributed by atoms with E-state index in [0.717, 1.165) is 0 Å². The van der Waals surface area contributed by atoms with Gasteiger partial charge in [0.05, 0.1) is 29.4 Å². The molecule has 2 heterocycles. The van der Waals surface area contributed by atoms with Crippen LogP contribution in [0.4, 0.5) is 11.4 Å². The van der Waals surface area contributed by atoms with Crippen LogP contribution in [-0.2, 0) is 20.1 Å². The number of hydrogen-bond acceptors (Lipinski definition) is 5. The second kappa shape index (κ2) is 4.01. The lowest BCUT2D eigenvalue weighted by molar-refractivity contribution is -0.385. The van der Waals surface area contributed by atoms with Crippen molar-refractivity contribution in [2.45, 2.75) is 12.7 Å². The number of fused-ring (bicyclic) bond motifs is 2. The fourth-order valence-electron chi connectivity index (χ4n) is 2.54. The van der Waals surface area contributed by atoms with Gasteiger partial charge in [-0.3, -0.25) is 14.9 Å². The summed E-state index contributed by atoms with van der Waals surface area (Å²) in [5, 5.41) is 10.9. The summed E-state index contributed by atoms with van der Waals surface area (Å²) < 4.78 is 10.9. The minimum Gasteiger partial charge on any atom is -0.336 e. The number of nitro benzene ring substituents is 1. The highest BCUT2D eigenvalue weighted by atomic mass is 16.7. The molecule has 0 radical (unpaired) electrons. The van der Waals surface area contributed by atoms with Gasteiger partial charge in [0.15, 0.2) is 0 Å². The first-order valence-electron chi connectivity index (χ1n) is 5.99. The summed E-state index contributed by atoms with van der Waals surface area (Å²) in [4.78, 5) is 24.3. The molecular weight excluding hydrogens is 252 g/mol. The molecule has 2 aliphatic heterocycles. The maximum absolute atomic E-state index is 12.4. The number of nitrogens with zero attached hydrogens (tertiary/aromatic N) is 2. The van der Waals surface area contributed by atoms with Crippen molar-refractivity contribution in [1.29, 1.82) is 0 Å². The van der Waals surface area contributed by atoms with E-state index in [1.54, 1.807) is 6.07 Å². The molecule has 0 atom stereocenters. The van der Waals surface area contributed by atoms with Crippen LogP contribution in [0.2, 0.25) is 0 Å². The highest BCUT2D eigenvalue weighted by Crippen LogP contribution is 2.46. The van der Waals surface area contributed by atoms with Crippen LogP contribution in [0, 0.1) is 10.1 Å². The molecule has 0 N–H and O–H groups in total. The average molecular weight is 264 g/mol. The maximum Gasteiger partial charge on any atom is 0.292 e. The molecule has 3 rings (SSSR count). The van der Waals surface area contributed by atoms with E-state index >= 15 is 0 Å². The molecule has 7 nitrogen and oxygen atoms in total. The number of rotatable bonds is 2. The number of amides is 1. The minimum atomic E-state index is -1.49. The standard InChI is InChI=1S/C12H12N2O5/c1-2-13-10-4-3-8(14(16)17)7-9(10)12(11(13)15)18-5-6-19-12/h3-4,7H,2,5-6H2,1H3. The zero-order valence-corrected chi connectivity index (χ0v) is 10.3. The van der Waals surface area contributed by atoms with E-state index < -0.39 is 10.7 Å². The van der Waals surface area contributed by atoms with Crippen molar-refractivity contribution in [1.82, 2.24) is 0 Å². The van der Waals surface area contributed by atoms with Crippen LogP contribution >= 0.6 is 0 Å². The molecule has 1 aromatic carbocycles. The van der Waals surface area contributed by atoms with Crippen molar-refractivity contribution in [2.75, 3.05) is 24.7 Å². The molecule has 1 fully saturated rings. The van der Waals surface area contributed by atoms with Crippen molar-refractivity contribution >= 4 is 17.3 Å². The number of carbonyl (C=O) groups is 1. The number of carbonyl (C=O) groups excluding carboxylic acids is 1. The van der Waals surface area contributed by atoms with E-state index in [4.69, 9.17) is 9.47 Å². The summed E-state index contributed by atoms with van der Waals surface area (Å²) >= 11 is 0. The molecule has 1 saturated heterocycles. The van der Waals surface area contributed by atoms with E-state index in [2.05, 4.69) is 0 Å². The topological polar surface area (TPSA) is 81.9 Å². The predicted octanol–water partition coefficient (Wildman–Crippen LogP) is 1.16. The van der Waals surface area contributed by atoms with Crippen LogP contribution in [0.25, 0.3) is 0 Å². The van der Waals surface area contributed by atoms with Crippen LogP contribution in [0.5, 0.6) is 0 Å². The van der Waals surface area contributed by atoms with Gasteiger partial charge in [-0.25, -0.2) is 0 Å². The van der Waals surface area contributed by atoms with Gasteiger partial charge in [-0.05, 0) is 13.0 Å². The van der Waals surface area contributed by atoms with Crippen LogP contribution in [-0.4, -0.2) is 30.6 Å². The first kappa shape index (κ1) is 12.1. The normalized spacial score (nSPS) is 20.1. The Kier molecular flexibility index (Phi) is 2.54. The molecule has 1 amide bonds. The van der Waals surface area contributed by atoms with Gasteiger partial charge in [0.1, 0.15) is 0 Å². The number of anilines is 1. The average Bonchev–Trinajstić information content (AvgIpc) is 2.97. The Morgan fingerprint density at radius 2 is 2.11 bits per heavy atom. The molecule has 2 aliphatic rings. The Hall–Kier alpha value is -1.99. The quantitative estimate of drug-likeness (QED) is 0.591. The van der Waals surface area contributed by atoms with Crippen molar-refractivity contribution < 1.29 is 19.2 Å². The van der Waals surface area contributed by atoms with Gasteiger partial charge in [0.25, 0.3) is 17.4 Å². The monoisotopic (exact) mass is 264 g/mol. The Balaban J connectivity index is 2.19. The Bertz CT molecular complexity index is 565. The maximum atomic E-state index is 12.4. The SMILES string of the molecule is CCN1C(=O)C2(OCCO2)c2cc([N+](=O)[O-])ccc21. The number of hydrogen-bond donors (Lipinski definition) is 0. The molecule has 1 aromatic rings. The summed E-state index contributed by atoms with van der Waals surface area (Å²) in [5.41, 5.74) is 0.953. The summed E-state index contributed by atoms with van der Waals surface area (Å²) in [6.45, 7) is 2.88. The Labute approximate surface area is 108 Å². The zero-order chi connectivity index (χ0) is 13.6. The number of likely N-dealkylation sites (N-methyl/N-ethyl adjacent to an activating group) is 1. The third-order valence-corrected chi connectivity index (χ3v) is 3.37. The molecule has 19 heavy (non-hydrogen) atoms. The van der Waals surface area contributed by atoms with E-state index in [0.29, 0.717) is 31.0 Å². The molecular formula is C12H12N2O5.